The number of ether oxygens (including phenoxy) is 2. The number of rotatable bonds is 7. The van der Waals surface area contributed by atoms with Gasteiger partial charge in [-0.05, 0) is 70.4 Å². The van der Waals surface area contributed by atoms with Gasteiger partial charge in [0, 0.05) is 5.69 Å². The summed E-state index contributed by atoms with van der Waals surface area (Å²) in [4.78, 5) is 27.5. The van der Waals surface area contributed by atoms with Crippen LogP contribution in [0.3, 0.4) is 0 Å². The lowest BCUT2D eigenvalue weighted by molar-refractivity contribution is -0.118. The molecule has 4 rings (SSSR count). The number of anilines is 2. The van der Waals surface area contributed by atoms with Crippen molar-refractivity contribution >= 4 is 73.5 Å². The molecule has 6 nitrogen and oxygen atoms in total. The number of para-hydroxylation sites is 2. The van der Waals surface area contributed by atoms with Gasteiger partial charge in [-0.15, -0.1) is 0 Å². The van der Waals surface area contributed by atoms with Crippen LogP contribution in [0.4, 0.5) is 11.4 Å². The van der Waals surface area contributed by atoms with E-state index in [9.17, 15) is 9.59 Å². The number of thiocarbonyl (C=S) groups is 1. The fraction of sp³-hybridized carbons (Fsp3) is 0.115. The van der Waals surface area contributed by atoms with Gasteiger partial charge < -0.3 is 14.8 Å². The molecule has 1 N–H and O–H groups in total. The number of thioether (sulfide) groups is 1. The van der Waals surface area contributed by atoms with E-state index in [1.54, 1.807) is 35.2 Å². The maximum Gasteiger partial charge on any atom is 0.270 e. The number of amides is 2. The summed E-state index contributed by atoms with van der Waals surface area (Å²) in [6, 6.07) is 20.3. The molecule has 0 radical (unpaired) electrons. The molecule has 9 heteroatoms. The summed E-state index contributed by atoms with van der Waals surface area (Å²) in [6.45, 7) is 1.75. The van der Waals surface area contributed by atoms with Crippen LogP contribution in [0, 0.1) is 6.92 Å². The third kappa shape index (κ3) is 5.75. The Hall–Kier alpha value is -3.14. The van der Waals surface area contributed by atoms with E-state index in [1.165, 1.54) is 18.9 Å². The van der Waals surface area contributed by atoms with Gasteiger partial charge in [-0.25, -0.2) is 0 Å². The van der Waals surface area contributed by atoms with Crippen molar-refractivity contribution in [1.29, 1.82) is 0 Å². The third-order valence-corrected chi connectivity index (χ3v) is 7.00. The second kappa shape index (κ2) is 11.1. The monoisotopic (exact) mass is 568 g/mol. The second-order valence-corrected chi connectivity index (χ2v) is 10.1. The standard InChI is InChI=1S/C26H21BrN2O4S2/c1-16-8-6-7-11-20(16)29-25(31)22(35-26(29)34)14-17-12-19(27)24(21(13-17)32-2)33-15-23(30)28-18-9-4-3-5-10-18/h3-14H,15H2,1-2H3,(H,28,30)/b22-14-. The Labute approximate surface area is 221 Å². The van der Waals surface area contributed by atoms with Crippen LogP contribution in [0.1, 0.15) is 11.1 Å². The van der Waals surface area contributed by atoms with Crippen LogP contribution in [0.25, 0.3) is 6.08 Å². The van der Waals surface area contributed by atoms with Gasteiger partial charge in [0.2, 0.25) is 0 Å². The number of benzene rings is 3. The predicted molar refractivity (Wildman–Crippen MR) is 148 cm³/mol. The lowest BCUT2D eigenvalue weighted by Gasteiger charge is -2.16. The highest BCUT2D eigenvalue weighted by Gasteiger charge is 2.34. The van der Waals surface area contributed by atoms with E-state index in [4.69, 9.17) is 21.7 Å². The van der Waals surface area contributed by atoms with Gasteiger partial charge in [0.1, 0.15) is 0 Å². The van der Waals surface area contributed by atoms with E-state index < -0.39 is 0 Å². The number of nitrogens with one attached hydrogen (secondary N) is 1. The van der Waals surface area contributed by atoms with Crippen molar-refractivity contribution in [2.45, 2.75) is 6.92 Å². The average molecular weight is 570 g/mol. The van der Waals surface area contributed by atoms with Crippen molar-refractivity contribution in [2.24, 2.45) is 0 Å². The molecule has 3 aromatic carbocycles. The Bertz CT molecular complexity index is 1330. The fourth-order valence-corrected chi connectivity index (χ4v) is 5.32. The second-order valence-electron chi connectivity index (χ2n) is 7.54. The van der Waals surface area contributed by atoms with Gasteiger partial charge in [0.15, 0.2) is 22.4 Å². The lowest BCUT2D eigenvalue weighted by atomic mass is 10.1. The molecule has 0 unspecified atom stereocenters. The van der Waals surface area contributed by atoms with E-state index in [0.29, 0.717) is 30.9 Å². The number of carbonyl (C=O) groups excluding carboxylic acids is 2. The summed E-state index contributed by atoms with van der Waals surface area (Å²) in [7, 11) is 1.51. The van der Waals surface area contributed by atoms with Crippen molar-refractivity contribution in [3.05, 3.63) is 87.2 Å². The molecule has 1 aliphatic heterocycles. The van der Waals surface area contributed by atoms with Crippen LogP contribution in [-0.2, 0) is 9.59 Å². The Morgan fingerprint density at radius 2 is 1.86 bits per heavy atom. The molecule has 178 valence electrons. The van der Waals surface area contributed by atoms with Crippen molar-refractivity contribution in [3.8, 4) is 11.5 Å². The molecule has 1 saturated heterocycles. The highest BCUT2D eigenvalue weighted by atomic mass is 79.9. The molecule has 1 aliphatic rings. The predicted octanol–water partition coefficient (Wildman–Crippen LogP) is 6.19. The summed E-state index contributed by atoms with van der Waals surface area (Å²) in [5.74, 6) is 0.337. The molecule has 0 saturated carbocycles. The van der Waals surface area contributed by atoms with E-state index in [0.717, 1.165) is 16.8 Å². The molecule has 0 spiro atoms. The molecular formula is C26H21BrN2O4S2. The quantitative estimate of drug-likeness (QED) is 0.271. The average Bonchev–Trinajstić information content (AvgIpc) is 3.11. The SMILES string of the molecule is COc1cc(/C=C2\SC(=S)N(c3ccccc3C)C2=O)cc(Br)c1OCC(=O)Nc1ccccc1. The normalized spacial score (nSPS) is 14.4. The highest BCUT2D eigenvalue weighted by Crippen LogP contribution is 2.40. The van der Waals surface area contributed by atoms with Crippen LogP contribution in [-0.4, -0.2) is 29.9 Å². The third-order valence-electron chi connectivity index (χ3n) is 5.10. The van der Waals surface area contributed by atoms with E-state index in [1.807, 2.05) is 49.4 Å². The number of hydrogen-bond acceptors (Lipinski definition) is 6. The minimum absolute atomic E-state index is 0.178. The molecule has 0 aliphatic carbocycles. The van der Waals surface area contributed by atoms with Crippen LogP contribution < -0.4 is 19.7 Å². The number of hydrogen-bond donors (Lipinski definition) is 1. The van der Waals surface area contributed by atoms with Crippen molar-refractivity contribution in [3.63, 3.8) is 0 Å². The molecular weight excluding hydrogens is 548 g/mol. The van der Waals surface area contributed by atoms with Crippen LogP contribution in [0.2, 0.25) is 0 Å². The Balaban J connectivity index is 1.52. The molecule has 2 amide bonds. The van der Waals surface area contributed by atoms with E-state index in [-0.39, 0.29) is 18.4 Å². The molecule has 3 aromatic rings. The first-order chi connectivity index (χ1) is 16.9. The first kappa shape index (κ1) is 25.0. The van der Waals surface area contributed by atoms with Crippen LogP contribution in [0.5, 0.6) is 11.5 Å². The van der Waals surface area contributed by atoms with Gasteiger partial charge in [-0.2, -0.15) is 0 Å². The zero-order valence-corrected chi connectivity index (χ0v) is 22.1. The minimum Gasteiger partial charge on any atom is -0.493 e. The fourth-order valence-electron chi connectivity index (χ4n) is 3.46. The van der Waals surface area contributed by atoms with Gasteiger partial charge in [0.05, 0.1) is 22.2 Å². The molecule has 1 heterocycles. The summed E-state index contributed by atoms with van der Waals surface area (Å²) >= 11 is 10.2. The molecule has 0 atom stereocenters. The summed E-state index contributed by atoms with van der Waals surface area (Å²) in [5, 5.41) is 2.77. The van der Waals surface area contributed by atoms with Crippen molar-refractivity contribution in [2.75, 3.05) is 23.9 Å². The Morgan fingerprint density at radius 1 is 1.14 bits per heavy atom. The summed E-state index contributed by atoms with van der Waals surface area (Å²) < 4.78 is 12.3. The molecule has 1 fully saturated rings. The smallest absolute Gasteiger partial charge is 0.270 e. The first-order valence-electron chi connectivity index (χ1n) is 10.6. The highest BCUT2D eigenvalue weighted by molar-refractivity contribution is 9.10. The lowest BCUT2D eigenvalue weighted by Crippen LogP contribution is -2.28. The maximum absolute atomic E-state index is 13.1. The molecule has 0 aromatic heterocycles. The Kier molecular flexibility index (Phi) is 7.90. The van der Waals surface area contributed by atoms with Gasteiger partial charge >= 0.3 is 0 Å². The number of halogens is 1. The minimum atomic E-state index is -0.297. The van der Waals surface area contributed by atoms with Gasteiger partial charge in [0.25, 0.3) is 11.8 Å². The number of nitrogens with zero attached hydrogens (tertiary/aromatic N) is 1. The number of methoxy groups -OCH3 is 1. The van der Waals surface area contributed by atoms with Crippen molar-refractivity contribution in [1.82, 2.24) is 0 Å². The van der Waals surface area contributed by atoms with Gasteiger partial charge in [-0.3, -0.25) is 14.5 Å². The van der Waals surface area contributed by atoms with Crippen molar-refractivity contribution < 1.29 is 19.1 Å². The van der Waals surface area contributed by atoms with Crippen LogP contribution >= 0.6 is 39.9 Å². The zero-order valence-electron chi connectivity index (χ0n) is 18.9. The zero-order chi connectivity index (χ0) is 24.9. The topological polar surface area (TPSA) is 67.9 Å². The largest absolute Gasteiger partial charge is 0.493 e. The Morgan fingerprint density at radius 3 is 2.57 bits per heavy atom. The summed E-state index contributed by atoms with van der Waals surface area (Å²) in [5.41, 5.74) is 3.15. The molecule has 0 bridgehead atoms. The first-order valence-corrected chi connectivity index (χ1v) is 12.6. The maximum atomic E-state index is 13.1. The number of carbonyl (C=O) groups is 2. The number of aryl methyl sites for hydroxylation is 1. The van der Waals surface area contributed by atoms with E-state index >= 15 is 0 Å². The van der Waals surface area contributed by atoms with E-state index in [2.05, 4.69) is 21.2 Å². The van der Waals surface area contributed by atoms with Crippen LogP contribution in [0.15, 0.2) is 76.1 Å². The van der Waals surface area contributed by atoms with Gasteiger partial charge in [-0.1, -0.05) is 60.4 Å². The molecule has 35 heavy (non-hydrogen) atoms. The summed E-state index contributed by atoms with van der Waals surface area (Å²) in [6.07, 6.45) is 1.76.